The Morgan fingerprint density at radius 2 is 2.33 bits per heavy atom. The highest BCUT2D eigenvalue weighted by molar-refractivity contribution is 9.09. The van der Waals surface area contributed by atoms with Gasteiger partial charge in [-0.15, -0.1) is 0 Å². The molecule has 66 valence electrons. The van der Waals surface area contributed by atoms with Gasteiger partial charge in [0.2, 0.25) is 0 Å². The molecule has 0 aromatic heterocycles. The first kappa shape index (κ1) is 8.23. The number of hydrogen-bond acceptors (Lipinski definition) is 2. The minimum Gasteiger partial charge on any atom is -0.489 e. The second kappa shape index (κ2) is 3.17. The van der Waals surface area contributed by atoms with Crippen LogP contribution in [0.25, 0.3) is 0 Å². The standard InChI is InChI=1S/C8H9BrFNO/c9-8-7(10)3-6(4-11-8)12-5-1-2-5/h3-5,7-8H,1-2H2. The van der Waals surface area contributed by atoms with Gasteiger partial charge in [-0.3, -0.25) is 4.99 Å². The maximum absolute atomic E-state index is 13.0. The molecule has 0 amide bonds. The SMILES string of the molecule is FC1C=C(OC2CC2)C=NC1Br. The summed E-state index contributed by atoms with van der Waals surface area (Å²) in [6.45, 7) is 0. The van der Waals surface area contributed by atoms with Crippen molar-refractivity contribution >= 4 is 22.1 Å². The fourth-order valence-corrected chi connectivity index (χ4v) is 1.23. The molecule has 0 N–H and O–H groups in total. The summed E-state index contributed by atoms with van der Waals surface area (Å²) in [5.41, 5.74) is 0. The Labute approximate surface area is 78.6 Å². The van der Waals surface area contributed by atoms with Crippen LogP contribution in [0.15, 0.2) is 16.8 Å². The number of alkyl halides is 2. The molecule has 1 heterocycles. The molecule has 0 aromatic carbocycles. The van der Waals surface area contributed by atoms with Gasteiger partial charge < -0.3 is 4.74 Å². The highest BCUT2D eigenvalue weighted by Crippen LogP contribution is 2.28. The van der Waals surface area contributed by atoms with Crippen LogP contribution in [-0.2, 0) is 4.74 Å². The molecule has 12 heavy (non-hydrogen) atoms. The summed E-state index contributed by atoms with van der Waals surface area (Å²) in [7, 11) is 0. The Kier molecular flexibility index (Phi) is 2.17. The van der Waals surface area contributed by atoms with Crippen LogP contribution in [-0.4, -0.2) is 23.4 Å². The zero-order valence-corrected chi connectivity index (χ0v) is 8.00. The van der Waals surface area contributed by atoms with Gasteiger partial charge in [0.05, 0.1) is 12.3 Å². The summed E-state index contributed by atoms with van der Waals surface area (Å²) in [5.74, 6) is 0.570. The summed E-state index contributed by atoms with van der Waals surface area (Å²) < 4.78 is 18.4. The minimum atomic E-state index is -1.07. The lowest BCUT2D eigenvalue weighted by atomic mass is 10.3. The molecule has 4 heteroatoms. The van der Waals surface area contributed by atoms with Gasteiger partial charge in [0.15, 0.2) is 6.17 Å². The summed E-state index contributed by atoms with van der Waals surface area (Å²) >= 11 is 3.09. The Balaban J connectivity index is 1.97. The number of ether oxygens (including phenoxy) is 1. The Morgan fingerprint density at radius 3 is 2.92 bits per heavy atom. The van der Waals surface area contributed by atoms with Gasteiger partial charge >= 0.3 is 0 Å². The molecular weight excluding hydrogens is 225 g/mol. The quantitative estimate of drug-likeness (QED) is 0.530. The normalized spacial score (nSPS) is 34.7. The molecule has 0 saturated heterocycles. The van der Waals surface area contributed by atoms with E-state index in [0.29, 0.717) is 11.9 Å². The Morgan fingerprint density at radius 1 is 1.58 bits per heavy atom. The van der Waals surface area contributed by atoms with Crippen LogP contribution in [0, 0.1) is 0 Å². The van der Waals surface area contributed by atoms with E-state index in [1.807, 2.05) is 0 Å². The smallest absolute Gasteiger partial charge is 0.154 e. The molecule has 1 fully saturated rings. The third-order valence-corrected chi connectivity index (χ3v) is 2.50. The lowest BCUT2D eigenvalue weighted by Crippen LogP contribution is -2.17. The first-order valence-electron chi connectivity index (χ1n) is 3.95. The molecule has 2 rings (SSSR count). The predicted molar refractivity (Wildman–Crippen MR) is 48.3 cm³/mol. The van der Waals surface area contributed by atoms with Gasteiger partial charge in [0.1, 0.15) is 10.7 Å². The van der Waals surface area contributed by atoms with E-state index in [-0.39, 0.29) is 0 Å². The highest BCUT2D eigenvalue weighted by atomic mass is 79.9. The summed E-state index contributed by atoms with van der Waals surface area (Å²) in [5, 5.41) is 0. The second-order valence-electron chi connectivity index (χ2n) is 2.98. The molecule has 2 atom stereocenters. The number of nitrogens with zero attached hydrogens (tertiary/aromatic N) is 1. The van der Waals surface area contributed by atoms with Crippen LogP contribution >= 0.6 is 15.9 Å². The van der Waals surface area contributed by atoms with Gasteiger partial charge in [-0.25, -0.2) is 4.39 Å². The van der Waals surface area contributed by atoms with Crippen LogP contribution in [0.1, 0.15) is 12.8 Å². The maximum Gasteiger partial charge on any atom is 0.154 e. The first-order chi connectivity index (χ1) is 5.75. The van der Waals surface area contributed by atoms with Gasteiger partial charge in [0, 0.05) is 0 Å². The van der Waals surface area contributed by atoms with Crippen molar-refractivity contribution in [2.45, 2.75) is 30.1 Å². The van der Waals surface area contributed by atoms with Gasteiger partial charge in [-0.05, 0) is 18.9 Å². The fourth-order valence-electron chi connectivity index (χ4n) is 0.954. The molecule has 2 unspecified atom stereocenters. The minimum absolute atomic E-state index is 0.307. The zero-order valence-electron chi connectivity index (χ0n) is 6.41. The van der Waals surface area contributed by atoms with Gasteiger partial charge in [-0.1, -0.05) is 15.9 Å². The van der Waals surface area contributed by atoms with Crippen molar-refractivity contribution in [3.05, 3.63) is 11.8 Å². The highest BCUT2D eigenvalue weighted by Gasteiger charge is 2.26. The van der Waals surface area contributed by atoms with E-state index in [9.17, 15) is 4.39 Å². The topological polar surface area (TPSA) is 21.6 Å². The van der Waals surface area contributed by atoms with Crippen molar-refractivity contribution in [1.82, 2.24) is 0 Å². The summed E-state index contributed by atoms with van der Waals surface area (Å²) in [6, 6.07) is 0. The van der Waals surface area contributed by atoms with E-state index in [4.69, 9.17) is 4.74 Å². The van der Waals surface area contributed by atoms with Crippen molar-refractivity contribution in [1.29, 1.82) is 0 Å². The predicted octanol–water partition coefficient (Wildman–Crippen LogP) is 2.19. The number of halogens is 2. The van der Waals surface area contributed by atoms with E-state index in [0.717, 1.165) is 12.8 Å². The van der Waals surface area contributed by atoms with Crippen molar-refractivity contribution < 1.29 is 9.13 Å². The molecular formula is C8H9BrFNO. The molecule has 0 aromatic rings. The van der Waals surface area contributed by atoms with Crippen LogP contribution in [0.2, 0.25) is 0 Å². The largest absolute Gasteiger partial charge is 0.489 e. The number of dihydropyridines is 1. The van der Waals surface area contributed by atoms with E-state index >= 15 is 0 Å². The third kappa shape index (κ3) is 1.86. The summed E-state index contributed by atoms with van der Waals surface area (Å²) in [4.78, 5) is 3.46. The van der Waals surface area contributed by atoms with E-state index in [1.165, 1.54) is 6.08 Å². The lowest BCUT2D eigenvalue weighted by Gasteiger charge is -2.14. The van der Waals surface area contributed by atoms with Crippen molar-refractivity contribution in [3.8, 4) is 0 Å². The van der Waals surface area contributed by atoms with Gasteiger partial charge in [0.25, 0.3) is 0 Å². The average Bonchev–Trinajstić information content (AvgIpc) is 2.81. The lowest BCUT2D eigenvalue weighted by molar-refractivity contribution is 0.210. The first-order valence-corrected chi connectivity index (χ1v) is 4.87. The van der Waals surface area contributed by atoms with Crippen LogP contribution in [0.3, 0.4) is 0 Å². The number of rotatable bonds is 2. The molecule has 0 spiro atoms. The number of hydrogen-bond donors (Lipinski definition) is 0. The second-order valence-corrected chi connectivity index (χ2v) is 3.92. The zero-order chi connectivity index (χ0) is 8.55. The molecule has 2 nitrogen and oxygen atoms in total. The summed E-state index contributed by atoms with van der Waals surface area (Å²) in [6.07, 6.45) is 4.45. The van der Waals surface area contributed by atoms with Gasteiger partial charge in [-0.2, -0.15) is 0 Å². The van der Waals surface area contributed by atoms with Crippen LogP contribution in [0.5, 0.6) is 0 Å². The van der Waals surface area contributed by atoms with E-state index < -0.39 is 11.1 Å². The fraction of sp³-hybridized carbons (Fsp3) is 0.625. The molecule has 0 radical (unpaired) electrons. The third-order valence-electron chi connectivity index (χ3n) is 1.76. The Bertz CT molecular complexity index is 237. The maximum atomic E-state index is 13.0. The average molecular weight is 234 g/mol. The van der Waals surface area contributed by atoms with Crippen molar-refractivity contribution in [2.75, 3.05) is 0 Å². The molecule has 1 aliphatic heterocycles. The molecule has 1 saturated carbocycles. The molecule has 1 aliphatic carbocycles. The monoisotopic (exact) mass is 233 g/mol. The Hall–Kier alpha value is -0.380. The van der Waals surface area contributed by atoms with Crippen molar-refractivity contribution in [3.63, 3.8) is 0 Å². The molecule has 2 aliphatic rings. The van der Waals surface area contributed by atoms with E-state index in [2.05, 4.69) is 20.9 Å². The van der Waals surface area contributed by atoms with E-state index in [1.54, 1.807) is 6.21 Å². The number of allylic oxidation sites excluding steroid dienone is 1. The van der Waals surface area contributed by atoms with Crippen LogP contribution < -0.4 is 0 Å². The molecule has 0 bridgehead atoms. The van der Waals surface area contributed by atoms with Crippen molar-refractivity contribution in [2.24, 2.45) is 4.99 Å². The number of aliphatic imine (C=N–C) groups is 1. The van der Waals surface area contributed by atoms with Crippen LogP contribution in [0.4, 0.5) is 4.39 Å².